The van der Waals surface area contributed by atoms with Crippen LogP contribution in [0, 0.1) is 0 Å². The number of nitrogens with one attached hydrogen (secondary N) is 1. The van der Waals surface area contributed by atoms with Gasteiger partial charge in [0.15, 0.2) is 0 Å². The second-order valence-corrected chi connectivity index (χ2v) is 7.94. The van der Waals surface area contributed by atoms with Crippen molar-refractivity contribution >= 4 is 17.5 Å². The summed E-state index contributed by atoms with van der Waals surface area (Å²) in [4.78, 5) is 26.6. The van der Waals surface area contributed by atoms with E-state index in [4.69, 9.17) is 10.5 Å². The molecule has 1 fully saturated rings. The Morgan fingerprint density at radius 2 is 1.69 bits per heavy atom. The SMILES string of the molecule is NC(=O)C1CCCN1Cc1ccccc1NC(=O)c1ccc(COc2ccccc2)cc1. The van der Waals surface area contributed by atoms with E-state index in [-0.39, 0.29) is 17.9 Å². The van der Waals surface area contributed by atoms with E-state index in [2.05, 4.69) is 10.2 Å². The number of ether oxygens (including phenoxy) is 1. The maximum absolute atomic E-state index is 12.8. The van der Waals surface area contributed by atoms with Crippen molar-refractivity contribution in [3.8, 4) is 5.75 Å². The van der Waals surface area contributed by atoms with Crippen molar-refractivity contribution in [1.82, 2.24) is 4.90 Å². The van der Waals surface area contributed by atoms with Crippen molar-refractivity contribution in [3.63, 3.8) is 0 Å². The minimum atomic E-state index is -0.291. The van der Waals surface area contributed by atoms with Gasteiger partial charge in [-0.25, -0.2) is 0 Å². The number of hydrogen-bond acceptors (Lipinski definition) is 4. The molecule has 3 aromatic rings. The Bertz CT molecular complexity index is 1070. The molecule has 164 valence electrons. The summed E-state index contributed by atoms with van der Waals surface area (Å²) in [6.45, 7) is 1.83. The van der Waals surface area contributed by atoms with Crippen LogP contribution < -0.4 is 15.8 Å². The van der Waals surface area contributed by atoms with Crippen LogP contribution in [-0.2, 0) is 17.9 Å². The molecule has 0 spiro atoms. The highest BCUT2D eigenvalue weighted by Crippen LogP contribution is 2.24. The van der Waals surface area contributed by atoms with Crippen molar-refractivity contribution < 1.29 is 14.3 Å². The quantitative estimate of drug-likeness (QED) is 0.568. The summed E-state index contributed by atoms with van der Waals surface area (Å²) in [5.74, 6) is 0.337. The summed E-state index contributed by atoms with van der Waals surface area (Å²) >= 11 is 0. The predicted molar refractivity (Wildman–Crippen MR) is 124 cm³/mol. The Morgan fingerprint density at radius 1 is 0.969 bits per heavy atom. The first-order valence-corrected chi connectivity index (χ1v) is 10.8. The fraction of sp³-hybridized carbons (Fsp3) is 0.231. The van der Waals surface area contributed by atoms with Crippen molar-refractivity contribution in [3.05, 3.63) is 95.6 Å². The molecule has 1 saturated heterocycles. The molecular weight excluding hydrogens is 402 g/mol. The van der Waals surface area contributed by atoms with Crippen LogP contribution in [0.1, 0.15) is 34.3 Å². The first-order valence-electron chi connectivity index (χ1n) is 10.8. The maximum Gasteiger partial charge on any atom is 0.255 e. The average molecular weight is 430 g/mol. The molecule has 1 heterocycles. The molecule has 1 aliphatic rings. The van der Waals surface area contributed by atoms with Crippen molar-refractivity contribution in [2.75, 3.05) is 11.9 Å². The number of benzene rings is 3. The van der Waals surface area contributed by atoms with Gasteiger partial charge in [0.2, 0.25) is 5.91 Å². The number of nitrogens with two attached hydrogens (primary N) is 1. The molecule has 0 aliphatic carbocycles. The van der Waals surface area contributed by atoms with Gasteiger partial charge in [0.25, 0.3) is 5.91 Å². The van der Waals surface area contributed by atoms with E-state index < -0.39 is 0 Å². The summed E-state index contributed by atoms with van der Waals surface area (Å²) in [6.07, 6.45) is 1.73. The molecule has 0 aromatic heterocycles. The largest absolute Gasteiger partial charge is 0.489 e. The van der Waals surface area contributed by atoms with Gasteiger partial charge in [0.1, 0.15) is 12.4 Å². The highest BCUT2D eigenvalue weighted by molar-refractivity contribution is 6.04. The number of hydrogen-bond donors (Lipinski definition) is 2. The fourth-order valence-corrected chi connectivity index (χ4v) is 3.97. The standard InChI is InChI=1S/C26H27N3O3/c27-25(30)24-11-6-16-29(24)17-21-7-4-5-10-23(21)28-26(31)20-14-12-19(13-15-20)18-32-22-8-2-1-3-9-22/h1-5,7-10,12-15,24H,6,11,16-18H2,(H2,27,30)(H,28,31). The van der Waals surface area contributed by atoms with Gasteiger partial charge in [-0.15, -0.1) is 0 Å². The zero-order valence-electron chi connectivity index (χ0n) is 17.9. The molecule has 6 heteroatoms. The Balaban J connectivity index is 1.39. The molecule has 1 aliphatic heterocycles. The Labute approximate surface area is 188 Å². The van der Waals surface area contributed by atoms with Crippen LogP contribution in [0.25, 0.3) is 0 Å². The second-order valence-electron chi connectivity index (χ2n) is 7.94. The van der Waals surface area contributed by atoms with Gasteiger partial charge in [-0.05, 0) is 60.8 Å². The van der Waals surface area contributed by atoms with Crippen LogP contribution in [0.5, 0.6) is 5.75 Å². The van der Waals surface area contributed by atoms with E-state index in [0.29, 0.717) is 18.7 Å². The summed E-state index contributed by atoms with van der Waals surface area (Å²) in [7, 11) is 0. The van der Waals surface area contributed by atoms with Gasteiger partial charge < -0.3 is 15.8 Å². The number of rotatable bonds is 8. The van der Waals surface area contributed by atoms with Crippen LogP contribution >= 0.6 is 0 Å². The summed E-state index contributed by atoms with van der Waals surface area (Å²) in [5.41, 5.74) is 8.80. The normalized spacial score (nSPS) is 15.9. The van der Waals surface area contributed by atoms with Gasteiger partial charge in [0.05, 0.1) is 6.04 Å². The summed E-state index contributed by atoms with van der Waals surface area (Å²) in [6, 6.07) is 24.4. The van der Waals surface area contributed by atoms with Gasteiger partial charge in [-0.2, -0.15) is 0 Å². The predicted octanol–water partition coefficient (Wildman–Crippen LogP) is 3.97. The number of carbonyl (C=O) groups excluding carboxylic acids is 2. The number of likely N-dealkylation sites (tertiary alicyclic amines) is 1. The number of nitrogens with zero attached hydrogens (tertiary/aromatic N) is 1. The highest BCUT2D eigenvalue weighted by atomic mass is 16.5. The summed E-state index contributed by atoms with van der Waals surface area (Å²) in [5, 5.41) is 3.01. The lowest BCUT2D eigenvalue weighted by atomic mass is 10.1. The first-order chi connectivity index (χ1) is 15.6. The zero-order chi connectivity index (χ0) is 22.3. The Kier molecular flexibility index (Phi) is 6.82. The smallest absolute Gasteiger partial charge is 0.255 e. The lowest BCUT2D eigenvalue weighted by Crippen LogP contribution is -2.39. The van der Waals surface area contributed by atoms with E-state index in [1.165, 1.54) is 0 Å². The second kappa shape index (κ2) is 10.1. The molecular formula is C26H27N3O3. The van der Waals surface area contributed by atoms with Crippen LogP contribution in [0.2, 0.25) is 0 Å². The topological polar surface area (TPSA) is 84.7 Å². The van der Waals surface area contributed by atoms with Crippen LogP contribution in [0.3, 0.4) is 0 Å². The monoisotopic (exact) mass is 429 g/mol. The Hall–Kier alpha value is -3.64. The third-order valence-corrected chi connectivity index (χ3v) is 5.70. The number of para-hydroxylation sites is 2. The average Bonchev–Trinajstić information content (AvgIpc) is 3.28. The fourth-order valence-electron chi connectivity index (χ4n) is 3.97. The zero-order valence-corrected chi connectivity index (χ0v) is 17.9. The molecule has 3 N–H and O–H groups in total. The molecule has 32 heavy (non-hydrogen) atoms. The number of amides is 2. The Morgan fingerprint density at radius 3 is 2.44 bits per heavy atom. The van der Waals surface area contributed by atoms with Crippen molar-refractivity contribution in [1.29, 1.82) is 0 Å². The maximum atomic E-state index is 12.8. The van der Waals surface area contributed by atoms with E-state index in [0.717, 1.165) is 42.0 Å². The molecule has 4 rings (SSSR count). The molecule has 0 saturated carbocycles. The van der Waals surface area contributed by atoms with Crippen LogP contribution in [0.4, 0.5) is 5.69 Å². The van der Waals surface area contributed by atoms with E-state index in [1.807, 2.05) is 66.7 Å². The molecule has 1 atom stereocenters. The van der Waals surface area contributed by atoms with Gasteiger partial charge in [-0.1, -0.05) is 48.5 Å². The minimum Gasteiger partial charge on any atom is -0.489 e. The highest BCUT2D eigenvalue weighted by Gasteiger charge is 2.29. The molecule has 2 amide bonds. The van der Waals surface area contributed by atoms with Crippen LogP contribution in [0.15, 0.2) is 78.9 Å². The van der Waals surface area contributed by atoms with Gasteiger partial charge in [0, 0.05) is 17.8 Å². The van der Waals surface area contributed by atoms with Crippen molar-refractivity contribution in [2.24, 2.45) is 5.73 Å². The third kappa shape index (κ3) is 5.34. The molecule has 3 aromatic carbocycles. The lowest BCUT2D eigenvalue weighted by Gasteiger charge is -2.23. The number of carbonyl (C=O) groups is 2. The molecule has 1 unspecified atom stereocenters. The van der Waals surface area contributed by atoms with E-state index >= 15 is 0 Å². The molecule has 6 nitrogen and oxygen atoms in total. The minimum absolute atomic E-state index is 0.180. The van der Waals surface area contributed by atoms with Crippen molar-refractivity contribution in [2.45, 2.75) is 32.0 Å². The summed E-state index contributed by atoms with van der Waals surface area (Å²) < 4.78 is 5.75. The van der Waals surface area contributed by atoms with Gasteiger partial charge in [-0.3, -0.25) is 14.5 Å². The first kappa shape index (κ1) is 21.6. The van der Waals surface area contributed by atoms with E-state index in [9.17, 15) is 9.59 Å². The lowest BCUT2D eigenvalue weighted by molar-refractivity contribution is -0.122. The van der Waals surface area contributed by atoms with E-state index in [1.54, 1.807) is 12.1 Å². The number of anilines is 1. The molecule has 0 radical (unpaired) electrons. The van der Waals surface area contributed by atoms with Gasteiger partial charge >= 0.3 is 0 Å². The third-order valence-electron chi connectivity index (χ3n) is 5.70. The molecule has 0 bridgehead atoms. The van der Waals surface area contributed by atoms with Crippen LogP contribution in [-0.4, -0.2) is 29.3 Å². The number of primary amides is 1.